The average molecular weight is 509 g/mol. The third-order valence-electron chi connectivity index (χ3n) is 6.17. The van der Waals surface area contributed by atoms with E-state index in [9.17, 15) is 18.0 Å². The summed E-state index contributed by atoms with van der Waals surface area (Å²) in [4.78, 5) is 20.3. The Labute approximate surface area is 202 Å². The highest BCUT2D eigenvalue weighted by molar-refractivity contribution is 6.30. The van der Waals surface area contributed by atoms with Gasteiger partial charge in [-0.25, -0.2) is 4.39 Å². The third-order valence-corrected chi connectivity index (χ3v) is 6.47. The van der Waals surface area contributed by atoms with E-state index in [0.717, 1.165) is 13.0 Å². The maximum absolute atomic E-state index is 13.5. The molecule has 3 aromatic rings. The molecular weight excluding hydrogens is 489 g/mol. The molecule has 2 heterocycles. The number of nitrogens with one attached hydrogen (secondary N) is 1. The fourth-order valence-electron chi connectivity index (χ4n) is 4.61. The smallest absolute Gasteiger partial charge is 0.287 e. The van der Waals surface area contributed by atoms with E-state index in [4.69, 9.17) is 25.6 Å². The summed E-state index contributed by atoms with van der Waals surface area (Å²) in [5, 5.41) is 6.84. The van der Waals surface area contributed by atoms with Crippen LogP contribution in [0, 0.1) is 5.82 Å². The maximum atomic E-state index is 13.5. The molecule has 2 bridgehead atoms. The van der Waals surface area contributed by atoms with Crippen LogP contribution in [0.4, 0.5) is 13.2 Å². The van der Waals surface area contributed by atoms with Crippen LogP contribution >= 0.6 is 11.6 Å². The summed E-state index contributed by atoms with van der Waals surface area (Å²) < 4.78 is 56.6. The zero-order valence-corrected chi connectivity index (χ0v) is 19.2. The van der Waals surface area contributed by atoms with Gasteiger partial charge in [0.05, 0.1) is 10.4 Å². The number of rotatable bonds is 9. The van der Waals surface area contributed by atoms with Crippen molar-refractivity contribution < 1.29 is 32.0 Å². The van der Waals surface area contributed by atoms with Crippen LogP contribution in [0.1, 0.15) is 43.6 Å². The summed E-state index contributed by atoms with van der Waals surface area (Å²) in [5.74, 6) is -2.84. The number of alkyl halides is 2. The number of benzene rings is 1. The van der Waals surface area contributed by atoms with Gasteiger partial charge >= 0.3 is 0 Å². The van der Waals surface area contributed by atoms with Gasteiger partial charge in [0.25, 0.3) is 11.8 Å². The lowest BCUT2D eigenvalue weighted by Crippen LogP contribution is -2.77. The third kappa shape index (κ3) is 4.64. The number of carbonyl (C=O) groups excluding carboxylic acids is 1. The van der Waals surface area contributed by atoms with Gasteiger partial charge < -0.3 is 19.3 Å². The van der Waals surface area contributed by atoms with Crippen LogP contribution in [-0.4, -0.2) is 33.2 Å². The predicted octanol–water partition coefficient (Wildman–Crippen LogP) is 4.32. The molecule has 3 aliphatic rings. The second kappa shape index (κ2) is 8.40. The molecule has 35 heavy (non-hydrogen) atoms. The minimum absolute atomic E-state index is 0.0237. The van der Waals surface area contributed by atoms with Gasteiger partial charge in [-0.05, 0) is 37.5 Å². The van der Waals surface area contributed by atoms with E-state index in [2.05, 4.69) is 20.4 Å². The number of hydrogen-bond acceptors (Lipinski definition) is 7. The van der Waals surface area contributed by atoms with Crippen molar-refractivity contribution in [3.8, 4) is 11.5 Å². The summed E-state index contributed by atoms with van der Waals surface area (Å²) in [6.45, 7) is 0.457. The Bertz CT molecular complexity index is 1260. The lowest BCUT2D eigenvalue weighted by Gasteiger charge is -2.68. The van der Waals surface area contributed by atoms with E-state index in [0.29, 0.717) is 25.2 Å². The first-order valence-corrected chi connectivity index (χ1v) is 11.1. The molecule has 0 aliphatic heterocycles. The van der Waals surface area contributed by atoms with Crippen molar-refractivity contribution in [1.29, 1.82) is 0 Å². The first-order chi connectivity index (χ1) is 16.6. The van der Waals surface area contributed by atoms with E-state index in [1.54, 1.807) is 0 Å². The molecule has 1 aromatic carbocycles. The largest absolute Gasteiger partial charge is 0.485 e. The monoisotopic (exact) mass is 508 g/mol. The zero-order valence-electron chi connectivity index (χ0n) is 18.5. The highest BCUT2D eigenvalue weighted by atomic mass is 35.5. The Morgan fingerprint density at radius 1 is 1.20 bits per heavy atom. The molecule has 184 valence electrons. The van der Waals surface area contributed by atoms with Gasteiger partial charge in [-0.2, -0.15) is 13.8 Å². The zero-order chi connectivity index (χ0) is 24.8. The Morgan fingerprint density at radius 2 is 1.94 bits per heavy atom. The average Bonchev–Trinajstić information content (AvgIpc) is 3.23. The van der Waals surface area contributed by atoms with Gasteiger partial charge in [0.1, 0.15) is 23.0 Å². The lowest BCUT2D eigenvalue weighted by atomic mass is 9.39. The molecule has 0 unspecified atom stereocenters. The SMILES string of the molecule is CC(F)(F)c1cc(OCc2noc(C34CC(NC(=O)COc5ccc(Cl)c(F)c5)(C3)C4)n2)ccn1. The van der Waals surface area contributed by atoms with Crippen molar-refractivity contribution in [3.05, 3.63) is 64.8 Å². The number of hydrogen-bond donors (Lipinski definition) is 1. The molecule has 3 aliphatic carbocycles. The van der Waals surface area contributed by atoms with Crippen LogP contribution in [-0.2, 0) is 22.7 Å². The van der Waals surface area contributed by atoms with Gasteiger partial charge in [0.15, 0.2) is 13.2 Å². The Morgan fingerprint density at radius 3 is 2.66 bits per heavy atom. The van der Waals surface area contributed by atoms with Crippen molar-refractivity contribution in [2.75, 3.05) is 6.61 Å². The Kier molecular flexibility index (Phi) is 5.62. The van der Waals surface area contributed by atoms with Gasteiger partial charge in [0.2, 0.25) is 11.7 Å². The molecule has 0 saturated heterocycles. The Hall–Kier alpha value is -3.34. The van der Waals surface area contributed by atoms with Gasteiger partial charge in [-0.3, -0.25) is 9.78 Å². The quantitative estimate of drug-likeness (QED) is 0.459. The van der Waals surface area contributed by atoms with Crippen molar-refractivity contribution >= 4 is 17.5 Å². The highest BCUT2D eigenvalue weighted by Gasteiger charge is 2.72. The van der Waals surface area contributed by atoms with Crippen LogP contribution in [0.2, 0.25) is 5.02 Å². The van der Waals surface area contributed by atoms with E-state index in [-0.39, 0.29) is 52.4 Å². The minimum Gasteiger partial charge on any atom is -0.485 e. The molecule has 1 N–H and O–H groups in total. The molecule has 6 rings (SSSR count). The topological polar surface area (TPSA) is 99.4 Å². The molecule has 0 spiro atoms. The fraction of sp³-hybridized carbons (Fsp3) is 0.391. The van der Waals surface area contributed by atoms with Crippen molar-refractivity contribution in [2.24, 2.45) is 0 Å². The second-order valence-electron chi connectivity index (χ2n) is 9.07. The first kappa shape index (κ1) is 23.4. The van der Waals surface area contributed by atoms with Crippen LogP contribution in [0.15, 0.2) is 41.1 Å². The molecule has 1 amide bonds. The number of carbonyl (C=O) groups is 1. The number of halogens is 4. The van der Waals surface area contributed by atoms with Gasteiger partial charge in [-0.15, -0.1) is 0 Å². The van der Waals surface area contributed by atoms with Gasteiger partial charge in [-0.1, -0.05) is 16.8 Å². The van der Waals surface area contributed by atoms with Crippen LogP contribution in [0.3, 0.4) is 0 Å². The van der Waals surface area contributed by atoms with Crippen LogP contribution in [0.5, 0.6) is 11.5 Å². The molecule has 3 saturated carbocycles. The number of aromatic nitrogens is 3. The van der Waals surface area contributed by atoms with E-state index in [1.807, 2.05) is 0 Å². The lowest BCUT2D eigenvalue weighted by molar-refractivity contribution is -0.143. The molecule has 3 fully saturated rings. The van der Waals surface area contributed by atoms with Crippen molar-refractivity contribution in [1.82, 2.24) is 20.4 Å². The standard InChI is InChI=1S/C23H20ClF3N4O4/c1-21(26,27)17-7-14(4-5-28-17)33-8-18-29-20(35-31-18)22-10-23(11-22,12-22)30-19(32)9-34-13-2-3-15(24)16(25)6-13/h2-7H,8-12H2,1H3,(H,30,32). The minimum atomic E-state index is -3.08. The maximum Gasteiger partial charge on any atom is 0.287 e. The molecule has 8 nitrogen and oxygen atoms in total. The summed E-state index contributed by atoms with van der Waals surface area (Å²) >= 11 is 5.63. The highest BCUT2D eigenvalue weighted by Crippen LogP contribution is 2.67. The number of pyridine rings is 1. The molecule has 0 radical (unpaired) electrons. The predicted molar refractivity (Wildman–Crippen MR) is 116 cm³/mol. The number of nitrogens with zero attached hydrogens (tertiary/aromatic N) is 3. The van der Waals surface area contributed by atoms with E-state index >= 15 is 0 Å². The molecule has 2 aromatic heterocycles. The number of amides is 1. The fourth-order valence-corrected chi connectivity index (χ4v) is 4.73. The molecule has 12 heteroatoms. The summed E-state index contributed by atoms with van der Waals surface area (Å²) in [6, 6.07) is 6.60. The van der Waals surface area contributed by atoms with E-state index in [1.165, 1.54) is 30.5 Å². The van der Waals surface area contributed by atoms with Crippen LogP contribution < -0.4 is 14.8 Å². The summed E-state index contributed by atoms with van der Waals surface area (Å²) in [6.07, 6.45) is 3.17. The molecular formula is C23H20ClF3N4O4. The summed E-state index contributed by atoms with van der Waals surface area (Å²) in [5.41, 5.74) is -1.04. The molecule has 0 atom stereocenters. The van der Waals surface area contributed by atoms with Gasteiger partial charge in [0, 0.05) is 30.8 Å². The van der Waals surface area contributed by atoms with Crippen LogP contribution in [0.25, 0.3) is 0 Å². The Balaban J connectivity index is 1.10. The van der Waals surface area contributed by atoms with E-state index < -0.39 is 17.4 Å². The normalized spacial score (nSPS) is 22.7. The first-order valence-electron chi connectivity index (χ1n) is 10.8. The number of ether oxygens (including phenoxy) is 2. The van der Waals surface area contributed by atoms with Crippen molar-refractivity contribution in [3.63, 3.8) is 0 Å². The second-order valence-corrected chi connectivity index (χ2v) is 9.48. The van der Waals surface area contributed by atoms with Crippen molar-refractivity contribution in [2.45, 2.75) is 49.7 Å². The summed E-state index contributed by atoms with van der Waals surface area (Å²) in [7, 11) is 0.